The lowest BCUT2D eigenvalue weighted by Crippen LogP contribution is -2.45. The molecule has 0 atom stereocenters. The highest BCUT2D eigenvalue weighted by molar-refractivity contribution is 7.71. The predicted octanol–water partition coefficient (Wildman–Crippen LogP) is 3.45. The fourth-order valence-electron chi connectivity index (χ4n) is 3.50. The summed E-state index contributed by atoms with van der Waals surface area (Å²) >= 11 is 5.66. The first kappa shape index (κ1) is 20.8. The van der Waals surface area contributed by atoms with Gasteiger partial charge in [0, 0.05) is 18.0 Å². The maximum Gasteiger partial charge on any atom is 0.234 e. The first-order valence-electron chi connectivity index (χ1n) is 9.49. The molecule has 1 aliphatic rings. The number of hydrogen-bond acceptors (Lipinski definition) is 4. The molecule has 146 valence electrons. The van der Waals surface area contributed by atoms with E-state index in [2.05, 4.69) is 16.5 Å². The first-order valence-corrected chi connectivity index (χ1v) is 9.90. The van der Waals surface area contributed by atoms with Gasteiger partial charge in [-0.25, -0.2) is 4.68 Å². The van der Waals surface area contributed by atoms with E-state index in [9.17, 15) is 4.79 Å². The average Bonchev–Trinajstić information content (AvgIpc) is 2.83. The highest BCUT2D eigenvalue weighted by Crippen LogP contribution is 2.31. The number of carbonyl (C=O) groups excluding carboxylic acids is 1. The van der Waals surface area contributed by atoms with Gasteiger partial charge in [0.15, 0.2) is 4.77 Å². The van der Waals surface area contributed by atoms with Crippen molar-refractivity contribution in [1.29, 1.82) is 0 Å². The van der Waals surface area contributed by atoms with Crippen molar-refractivity contribution in [3.8, 4) is 0 Å². The van der Waals surface area contributed by atoms with Gasteiger partial charge in [-0.1, -0.05) is 25.3 Å². The van der Waals surface area contributed by atoms with Crippen molar-refractivity contribution in [1.82, 2.24) is 24.6 Å². The third-order valence-electron chi connectivity index (χ3n) is 4.54. The summed E-state index contributed by atoms with van der Waals surface area (Å²) in [6.45, 7) is 11.3. The number of amides is 1. The van der Waals surface area contributed by atoms with Gasteiger partial charge in [0.05, 0.1) is 13.2 Å². The molecule has 0 aromatic carbocycles. The summed E-state index contributed by atoms with van der Waals surface area (Å²) in [5.41, 5.74) is -0.228. The van der Waals surface area contributed by atoms with Crippen molar-refractivity contribution >= 4 is 18.1 Å². The van der Waals surface area contributed by atoms with Crippen LogP contribution in [0.5, 0.6) is 0 Å². The molecule has 1 heterocycles. The van der Waals surface area contributed by atoms with Crippen molar-refractivity contribution in [2.24, 2.45) is 0 Å². The summed E-state index contributed by atoms with van der Waals surface area (Å²) in [6, 6.07) is 0. The average molecular weight is 380 g/mol. The zero-order valence-electron chi connectivity index (χ0n) is 16.6. The van der Waals surface area contributed by atoms with Gasteiger partial charge >= 0.3 is 0 Å². The monoisotopic (exact) mass is 379 g/mol. The molecule has 0 bridgehead atoms. The number of carbonyl (C=O) groups is 1. The van der Waals surface area contributed by atoms with Gasteiger partial charge in [0.1, 0.15) is 5.82 Å². The van der Waals surface area contributed by atoms with Crippen molar-refractivity contribution < 1.29 is 4.79 Å². The summed E-state index contributed by atoms with van der Waals surface area (Å²) in [5, 5.41) is 7.81. The van der Waals surface area contributed by atoms with Crippen LogP contribution in [-0.4, -0.2) is 44.3 Å². The molecule has 0 unspecified atom stereocenters. The Kier molecular flexibility index (Phi) is 7.17. The molecular formula is C19H33N5OS. The van der Waals surface area contributed by atoms with Crippen LogP contribution < -0.4 is 5.32 Å². The van der Waals surface area contributed by atoms with E-state index in [0.29, 0.717) is 30.4 Å². The molecule has 1 aromatic heterocycles. The topological polar surface area (TPSA) is 55.1 Å². The van der Waals surface area contributed by atoms with Crippen LogP contribution in [-0.2, 0) is 18.0 Å². The largest absolute Gasteiger partial charge is 0.350 e. The molecule has 0 spiro atoms. The molecule has 26 heavy (non-hydrogen) atoms. The number of likely N-dealkylation sites (N-methyl/N-ethyl adjacent to an activating group) is 1. The molecule has 1 fully saturated rings. The number of nitrogens with zero attached hydrogens (tertiary/aromatic N) is 4. The Labute approximate surface area is 162 Å². The molecule has 1 aromatic rings. The second-order valence-corrected chi connectivity index (χ2v) is 8.69. The summed E-state index contributed by atoms with van der Waals surface area (Å²) in [4.78, 5) is 14.1. The van der Waals surface area contributed by atoms with Crippen LogP contribution in [0.3, 0.4) is 0 Å². The van der Waals surface area contributed by atoms with E-state index in [4.69, 9.17) is 17.3 Å². The maximum atomic E-state index is 12.1. The van der Waals surface area contributed by atoms with Crippen molar-refractivity contribution in [2.45, 2.75) is 77.5 Å². The zero-order chi connectivity index (χ0) is 19.3. The highest BCUT2D eigenvalue weighted by Gasteiger charge is 2.23. The Balaban J connectivity index is 2.12. The first-order chi connectivity index (χ1) is 12.2. The fraction of sp³-hybridized carbons (Fsp3) is 0.737. The molecule has 6 nitrogen and oxygen atoms in total. The van der Waals surface area contributed by atoms with E-state index in [1.54, 1.807) is 0 Å². The molecule has 1 aliphatic carbocycles. The highest BCUT2D eigenvalue weighted by atomic mass is 32.1. The van der Waals surface area contributed by atoms with E-state index in [-0.39, 0.29) is 11.4 Å². The maximum absolute atomic E-state index is 12.1. The SMILES string of the molecule is C=CCn1c(C2CCCCC2)nn(CN(C)CC(=O)NC(C)(C)C)c1=S. The second kappa shape index (κ2) is 8.95. The Bertz CT molecular complexity index is 679. The summed E-state index contributed by atoms with van der Waals surface area (Å²) in [7, 11) is 1.91. The number of rotatable bonds is 7. The summed E-state index contributed by atoms with van der Waals surface area (Å²) in [5.74, 6) is 1.55. The quantitative estimate of drug-likeness (QED) is 0.582. The number of allylic oxidation sites excluding steroid dienone is 1. The Morgan fingerprint density at radius 2 is 2.04 bits per heavy atom. The van der Waals surface area contributed by atoms with Crippen molar-refractivity contribution in [3.63, 3.8) is 0 Å². The van der Waals surface area contributed by atoms with Crippen LogP contribution in [0, 0.1) is 4.77 Å². The molecule has 1 saturated carbocycles. The molecule has 0 radical (unpaired) electrons. The summed E-state index contributed by atoms with van der Waals surface area (Å²) in [6.07, 6.45) is 8.04. The molecule has 1 amide bonds. The van der Waals surface area contributed by atoms with Crippen LogP contribution >= 0.6 is 12.2 Å². The standard InChI is InChI=1S/C19H33N5OS/c1-6-12-23-17(15-10-8-7-9-11-15)21-24(18(23)26)14-22(5)13-16(25)20-19(2,3)4/h6,15H,1,7-14H2,2-5H3,(H,20,25). The zero-order valence-corrected chi connectivity index (χ0v) is 17.4. The fourth-order valence-corrected chi connectivity index (χ4v) is 3.76. The van der Waals surface area contributed by atoms with Crippen molar-refractivity contribution in [3.05, 3.63) is 23.3 Å². The van der Waals surface area contributed by atoms with Gasteiger partial charge in [-0.3, -0.25) is 14.3 Å². The van der Waals surface area contributed by atoms with Gasteiger partial charge in [0.25, 0.3) is 0 Å². The number of nitrogens with one attached hydrogen (secondary N) is 1. The third kappa shape index (κ3) is 5.77. The van der Waals surface area contributed by atoms with Gasteiger partial charge in [-0.2, -0.15) is 5.10 Å². The van der Waals surface area contributed by atoms with E-state index in [0.717, 1.165) is 5.82 Å². The van der Waals surface area contributed by atoms with E-state index in [1.807, 2.05) is 43.5 Å². The molecular weight excluding hydrogens is 346 g/mol. The Morgan fingerprint density at radius 3 is 2.62 bits per heavy atom. The second-order valence-electron chi connectivity index (χ2n) is 8.33. The van der Waals surface area contributed by atoms with Gasteiger partial charge in [0.2, 0.25) is 5.91 Å². The molecule has 7 heteroatoms. The minimum atomic E-state index is -0.228. The number of hydrogen-bond donors (Lipinski definition) is 1. The Morgan fingerprint density at radius 1 is 1.38 bits per heavy atom. The van der Waals surface area contributed by atoms with Crippen LogP contribution in [0.15, 0.2) is 12.7 Å². The molecule has 2 rings (SSSR count). The molecule has 0 saturated heterocycles. The smallest absolute Gasteiger partial charge is 0.234 e. The number of aromatic nitrogens is 3. The molecule has 1 N–H and O–H groups in total. The minimum Gasteiger partial charge on any atom is -0.350 e. The molecule has 0 aliphatic heterocycles. The van der Waals surface area contributed by atoms with Crippen molar-refractivity contribution in [2.75, 3.05) is 13.6 Å². The van der Waals surface area contributed by atoms with Gasteiger partial charge in [-0.15, -0.1) is 6.58 Å². The van der Waals surface area contributed by atoms with E-state index < -0.39 is 0 Å². The Hall–Kier alpha value is -1.47. The lowest BCUT2D eigenvalue weighted by molar-refractivity contribution is -0.123. The third-order valence-corrected chi connectivity index (χ3v) is 4.97. The van der Waals surface area contributed by atoms with Crippen LogP contribution in [0.25, 0.3) is 0 Å². The van der Waals surface area contributed by atoms with Gasteiger partial charge < -0.3 is 5.32 Å². The lowest BCUT2D eigenvalue weighted by atomic mass is 9.89. The van der Waals surface area contributed by atoms with Gasteiger partial charge in [-0.05, 0) is 52.9 Å². The van der Waals surface area contributed by atoms with Crippen LogP contribution in [0.2, 0.25) is 0 Å². The van der Waals surface area contributed by atoms with Crippen LogP contribution in [0.1, 0.15) is 64.6 Å². The van der Waals surface area contributed by atoms with Crippen LogP contribution in [0.4, 0.5) is 0 Å². The van der Waals surface area contributed by atoms with E-state index >= 15 is 0 Å². The minimum absolute atomic E-state index is 0.00421. The normalized spacial score (nSPS) is 16.0. The lowest BCUT2D eigenvalue weighted by Gasteiger charge is -2.23. The summed E-state index contributed by atoms with van der Waals surface area (Å²) < 4.78 is 4.64. The predicted molar refractivity (Wildman–Crippen MR) is 108 cm³/mol. The van der Waals surface area contributed by atoms with E-state index in [1.165, 1.54) is 32.1 Å².